The highest BCUT2D eigenvalue weighted by Crippen LogP contribution is 2.37. The summed E-state index contributed by atoms with van der Waals surface area (Å²) < 4.78 is 1.60. The van der Waals surface area contributed by atoms with E-state index in [-0.39, 0.29) is 0 Å². The molecule has 1 aromatic heterocycles. The Morgan fingerprint density at radius 2 is 1.88 bits per heavy atom. The predicted molar refractivity (Wildman–Crippen MR) is 79.4 cm³/mol. The fourth-order valence-corrected chi connectivity index (χ4v) is 3.69. The molecule has 0 aliphatic heterocycles. The Morgan fingerprint density at radius 3 is 2.29 bits per heavy atom. The van der Waals surface area contributed by atoms with Gasteiger partial charge in [0.1, 0.15) is 0 Å². The maximum Gasteiger partial charge on any atom is 0.0991 e. The van der Waals surface area contributed by atoms with Crippen LogP contribution in [-0.2, 0) is 0 Å². The van der Waals surface area contributed by atoms with Crippen LogP contribution in [0.5, 0.6) is 0 Å². The third kappa shape index (κ3) is 4.44. The van der Waals surface area contributed by atoms with Gasteiger partial charge < -0.3 is 5.32 Å². The molecule has 0 aromatic carbocycles. The maximum atomic E-state index is 6.24. The Hall–Kier alpha value is 0.240. The van der Waals surface area contributed by atoms with Crippen LogP contribution in [0.3, 0.4) is 0 Å². The lowest BCUT2D eigenvalue weighted by molar-refractivity contribution is 0.376. The molecule has 1 N–H and O–H groups in total. The molecule has 0 fully saturated rings. The van der Waals surface area contributed by atoms with Gasteiger partial charge in [0.05, 0.1) is 8.67 Å². The van der Waals surface area contributed by atoms with Gasteiger partial charge in [-0.05, 0) is 24.9 Å². The van der Waals surface area contributed by atoms with Gasteiger partial charge >= 0.3 is 0 Å². The highest BCUT2D eigenvalue weighted by Gasteiger charge is 2.19. The van der Waals surface area contributed by atoms with Crippen molar-refractivity contribution in [2.45, 2.75) is 46.1 Å². The van der Waals surface area contributed by atoms with Crippen molar-refractivity contribution in [3.05, 3.63) is 20.3 Å². The van der Waals surface area contributed by atoms with Crippen LogP contribution < -0.4 is 5.32 Å². The number of hydrogen-bond donors (Lipinski definition) is 1. The van der Waals surface area contributed by atoms with E-state index in [0.717, 1.165) is 33.1 Å². The number of rotatable bonds is 7. The third-order valence-corrected chi connectivity index (χ3v) is 4.75. The van der Waals surface area contributed by atoms with Crippen molar-refractivity contribution in [1.82, 2.24) is 5.32 Å². The molecule has 0 aliphatic rings. The van der Waals surface area contributed by atoms with E-state index in [1.54, 1.807) is 0 Å². The first kappa shape index (κ1) is 15.3. The zero-order valence-corrected chi connectivity index (χ0v) is 13.1. The monoisotopic (exact) mass is 293 g/mol. The van der Waals surface area contributed by atoms with Crippen LogP contribution in [0.4, 0.5) is 0 Å². The molecule has 0 spiro atoms. The lowest BCUT2D eigenvalue weighted by Gasteiger charge is -2.22. The SMILES string of the molecule is CCNC(CC(CC)CC)c1cc(Cl)sc1Cl. The molecule has 0 aliphatic carbocycles. The summed E-state index contributed by atoms with van der Waals surface area (Å²) in [6, 6.07) is 2.34. The van der Waals surface area contributed by atoms with Gasteiger partial charge in [-0.3, -0.25) is 0 Å². The van der Waals surface area contributed by atoms with Crippen molar-refractivity contribution in [2.75, 3.05) is 6.54 Å². The van der Waals surface area contributed by atoms with Gasteiger partial charge in [-0.2, -0.15) is 0 Å². The Balaban J connectivity index is 2.81. The van der Waals surface area contributed by atoms with Gasteiger partial charge in [0.2, 0.25) is 0 Å². The molecule has 0 saturated carbocycles. The highest BCUT2D eigenvalue weighted by molar-refractivity contribution is 7.20. The first-order chi connectivity index (χ1) is 8.12. The Kier molecular flexibility index (Phi) is 6.86. The average Bonchev–Trinajstić information content (AvgIpc) is 2.64. The van der Waals surface area contributed by atoms with Crippen molar-refractivity contribution in [3.63, 3.8) is 0 Å². The highest BCUT2D eigenvalue weighted by atomic mass is 35.5. The molecule has 1 aromatic rings. The van der Waals surface area contributed by atoms with Crippen LogP contribution in [0.25, 0.3) is 0 Å². The molecule has 0 saturated heterocycles. The van der Waals surface area contributed by atoms with Gasteiger partial charge in [0.25, 0.3) is 0 Å². The van der Waals surface area contributed by atoms with Crippen LogP contribution in [0.15, 0.2) is 6.07 Å². The van der Waals surface area contributed by atoms with E-state index in [9.17, 15) is 0 Å². The molecule has 0 radical (unpaired) electrons. The molecular formula is C13H21Cl2NS. The zero-order valence-electron chi connectivity index (χ0n) is 10.7. The van der Waals surface area contributed by atoms with Crippen molar-refractivity contribution in [1.29, 1.82) is 0 Å². The van der Waals surface area contributed by atoms with E-state index >= 15 is 0 Å². The average molecular weight is 294 g/mol. The van der Waals surface area contributed by atoms with E-state index in [2.05, 4.69) is 26.1 Å². The van der Waals surface area contributed by atoms with E-state index in [4.69, 9.17) is 23.2 Å². The molecule has 0 bridgehead atoms. The molecular weight excluding hydrogens is 273 g/mol. The normalized spacial score (nSPS) is 13.3. The summed E-state index contributed by atoms with van der Waals surface area (Å²) >= 11 is 13.7. The molecule has 1 heterocycles. The predicted octanol–water partition coefficient (Wildman–Crippen LogP) is 5.53. The fourth-order valence-electron chi connectivity index (χ4n) is 2.11. The largest absolute Gasteiger partial charge is 0.310 e. The maximum absolute atomic E-state index is 6.24. The van der Waals surface area contributed by atoms with E-state index in [1.165, 1.54) is 24.2 Å². The summed E-state index contributed by atoms with van der Waals surface area (Å²) in [5, 5.41) is 3.52. The number of halogens is 2. The fraction of sp³-hybridized carbons (Fsp3) is 0.692. The molecule has 4 heteroatoms. The summed E-state index contributed by atoms with van der Waals surface area (Å²) in [6.07, 6.45) is 3.56. The first-order valence-electron chi connectivity index (χ1n) is 6.30. The minimum Gasteiger partial charge on any atom is -0.310 e. The smallest absolute Gasteiger partial charge is 0.0991 e. The molecule has 1 atom stereocenters. The Labute approximate surface area is 119 Å². The second-order valence-electron chi connectivity index (χ2n) is 4.31. The quantitative estimate of drug-likeness (QED) is 0.697. The minimum absolute atomic E-state index is 0.334. The zero-order chi connectivity index (χ0) is 12.8. The van der Waals surface area contributed by atoms with Crippen LogP contribution >= 0.6 is 34.5 Å². The van der Waals surface area contributed by atoms with Gasteiger partial charge in [0.15, 0.2) is 0 Å². The number of thiophene rings is 1. The van der Waals surface area contributed by atoms with Crippen LogP contribution in [-0.4, -0.2) is 6.54 Å². The topological polar surface area (TPSA) is 12.0 Å². The van der Waals surface area contributed by atoms with E-state index in [0.29, 0.717) is 6.04 Å². The Bertz CT molecular complexity index is 334. The van der Waals surface area contributed by atoms with E-state index < -0.39 is 0 Å². The van der Waals surface area contributed by atoms with Gasteiger partial charge in [-0.15, -0.1) is 11.3 Å². The number of nitrogens with one attached hydrogen (secondary N) is 1. The lowest BCUT2D eigenvalue weighted by atomic mass is 9.92. The summed E-state index contributed by atoms with van der Waals surface area (Å²) in [5.41, 5.74) is 1.16. The van der Waals surface area contributed by atoms with Crippen molar-refractivity contribution in [3.8, 4) is 0 Å². The lowest BCUT2D eigenvalue weighted by Crippen LogP contribution is -2.23. The summed E-state index contributed by atoms with van der Waals surface area (Å²) in [4.78, 5) is 0. The van der Waals surface area contributed by atoms with Gasteiger partial charge in [-0.25, -0.2) is 0 Å². The molecule has 1 rings (SSSR count). The summed E-state index contributed by atoms with van der Waals surface area (Å²) in [7, 11) is 0. The number of hydrogen-bond acceptors (Lipinski definition) is 2. The van der Waals surface area contributed by atoms with Crippen molar-refractivity contribution >= 4 is 34.5 Å². The first-order valence-corrected chi connectivity index (χ1v) is 7.87. The van der Waals surface area contributed by atoms with Gasteiger partial charge in [0, 0.05) is 11.6 Å². The molecule has 17 heavy (non-hydrogen) atoms. The van der Waals surface area contributed by atoms with Crippen LogP contribution in [0.1, 0.15) is 51.6 Å². The summed E-state index contributed by atoms with van der Waals surface area (Å²) in [5.74, 6) is 0.744. The van der Waals surface area contributed by atoms with Crippen molar-refractivity contribution in [2.24, 2.45) is 5.92 Å². The Morgan fingerprint density at radius 1 is 1.24 bits per heavy atom. The van der Waals surface area contributed by atoms with Crippen molar-refractivity contribution < 1.29 is 0 Å². The molecule has 1 nitrogen and oxygen atoms in total. The molecule has 0 amide bonds. The third-order valence-electron chi connectivity index (χ3n) is 3.23. The molecule has 98 valence electrons. The summed E-state index contributed by atoms with van der Waals surface area (Å²) in [6.45, 7) is 7.58. The molecule has 1 unspecified atom stereocenters. The standard InChI is InChI=1S/C13H21Cl2NS/c1-4-9(5-2)7-11(16-6-3)10-8-12(14)17-13(10)15/h8-9,11,16H,4-7H2,1-3H3. The van der Waals surface area contributed by atoms with Crippen LogP contribution in [0.2, 0.25) is 8.67 Å². The second-order valence-corrected chi connectivity index (χ2v) is 6.59. The van der Waals surface area contributed by atoms with E-state index in [1.807, 2.05) is 6.07 Å². The van der Waals surface area contributed by atoms with Crippen LogP contribution in [0, 0.1) is 5.92 Å². The minimum atomic E-state index is 0.334. The van der Waals surface area contributed by atoms with Gasteiger partial charge in [-0.1, -0.05) is 56.8 Å². The second kappa shape index (κ2) is 7.63.